The number of ether oxygens (including phenoxy) is 2. The van der Waals surface area contributed by atoms with Crippen LogP contribution in [0.5, 0.6) is 0 Å². The first kappa shape index (κ1) is 14.7. The quantitative estimate of drug-likeness (QED) is 0.594. The Labute approximate surface area is 118 Å². The van der Waals surface area contributed by atoms with E-state index < -0.39 is 11.4 Å². The first-order valence-corrected chi connectivity index (χ1v) is 6.92. The van der Waals surface area contributed by atoms with Crippen molar-refractivity contribution in [3.05, 3.63) is 18.0 Å². The molecule has 1 aromatic heterocycles. The van der Waals surface area contributed by atoms with Crippen LogP contribution in [0.25, 0.3) is 0 Å². The molecule has 0 aromatic carbocycles. The van der Waals surface area contributed by atoms with E-state index in [1.807, 2.05) is 13.1 Å². The first-order valence-electron chi connectivity index (χ1n) is 6.92. The van der Waals surface area contributed by atoms with E-state index in [4.69, 9.17) is 9.47 Å². The smallest absolute Gasteiger partial charge is 0.322 e. The Kier molecular flexibility index (Phi) is 4.54. The summed E-state index contributed by atoms with van der Waals surface area (Å²) >= 11 is 0. The van der Waals surface area contributed by atoms with Gasteiger partial charge >= 0.3 is 5.97 Å². The fourth-order valence-electron chi connectivity index (χ4n) is 2.41. The van der Waals surface area contributed by atoms with Crippen LogP contribution < -0.4 is 0 Å². The Morgan fingerprint density at radius 2 is 2.35 bits per heavy atom. The maximum Gasteiger partial charge on any atom is 0.322 e. The van der Waals surface area contributed by atoms with Crippen LogP contribution in [-0.2, 0) is 32.0 Å². The van der Waals surface area contributed by atoms with Crippen molar-refractivity contribution in [2.75, 3.05) is 19.8 Å². The van der Waals surface area contributed by atoms with Crippen LogP contribution in [0.2, 0.25) is 0 Å². The highest BCUT2D eigenvalue weighted by Gasteiger charge is 2.49. The van der Waals surface area contributed by atoms with Gasteiger partial charge in [0.2, 0.25) is 0 Å². The molecule has 0 saturated carbocycles. The molecule has 0 bridgehead atoms. The number of nitrogens with zero attached hydrogens (tertiary/aromatic N) is 2. The van der Waals surface area contributed by atoms with E-state index in [9.17, 15) is 9.59 Å². The summed E-state index contributed by atoms with van der Waals surface area (Å²) in [6, 6.07) is 0. The van der Waals surface area contributed by atoms with Crippen molar-refractivity contribution < 1.29 is 19.1 Å². The van der Waals surface area contributed by atoms with E-state index in [1.165, 1.54) is 0 Å². The molecule has 1 aromatic rings. The van der Waals surface area contributed by atoms with Crippen LogP contribution in [0.3, 0.4) is 0 Å². The van der Waals surface area contributed by atoms with Crippen LogP contribution >= 0.6 is 0 Å². The zero-order valence-electron chi connectivity index (χ0n) is 11.9. The number of carbonyl (C=O) groups is 2. The number of hydrogen-bond acceptors (Lipinski definition) is 5. The summed E-state index contributed by atoms with van der Waals surface area (Å²) in [6.07, 6.45) is 4.07. The van der Waals surface area contributed by atoms with Crippen LogP contribution in [0, 0.1) is 5.41 Å². The number of hydrogen-bond donors (Lipinski definition) is 0. The van der Waals surface area contributed by atoms with Crippen molar-refractivity contribution in [2.24, 2.45) is 5.41 Å². The number of esters is 1. The van der Waals surface area contributed by atoms with Gasteiger partial charge in [0, 0.05) is 25.6 Å². The lowest BCUT2D eigenvalue weighted by atomic mass is 9.76. The minimum Gasteiger partial charge on any atom is -0.465 e. The predicted octanol–water partition coefficient (Wildman–Crippen LogP) is 0.984. The molecule has 6 heteroatoms. The number of ketones is 1. The number of Topliss-reactive ketones (excluding diaryl/α,β-unsaturated/α-hetero) is 1. The SMILES string of the molecule is CCOC(=O)C1(Cc2cnn(CC)c2)COCCC1=O. The third-order valence-corrected chi connectivity index (χ3v) is 3.54. The van der Waals surface area contributed by atoms with Crippen LogP contribution in [0.15, 0.2) is 12.4 Å². The van der Waals surface area contributed by atoms with Crippen molar-refractivity contribution in [3.63, 3.8) is 0 Å². The van der Waals surface area contributed by atoms with Crippen LogP contribution in [0.1, 0.15) is 25.8 Å². The van der Waals surface area contributed by atoms with Gasteiger partial charge in [-0.3, -0.25) is 14.3 Å². The lowest BCUT2D eigenvalue weighted by Crippen LogP contribution is -2.49. The van der Waals surface area contributed by atoms with Crippen molar-refractivity contribution >= 4 is 11.8 Å². The topological polar surface area (TPSA) is 70.4 Å². The second kappa shape index (κ2) is 6.17. The lowest BCUT2D eigenvalue weighted by Gasteiger charge is -2.32. The molecule has 1 aliphatic rings. The fraction of sp³-hybridized carbons (Fsp3) is 0.643. The monoisotopic (exact) mass is 280 g/mol. The van der Waals surface area contributed by atoms with E-state index in [0.717, 1.165) is 12.1 Å². The van der Waals surface area contributed by atoms with Crippen molar-refractivity contribution in [1.82, 2.24) is 9.78 Å². The Morgan fingerprint density at radius 3 is 2.95 bits per heavy atom. The zero-order chi connectivity index (χ0) is 14.6. The minimum atomic E-state index is -1.21. The Morgan fingerprint density at radius 1 is 1.55 bits per heavy atom. The molecule has 1 fully saturated rings. The summed E-state index contributed by atoms with van der Waals surface area (Å²) in [5, 5.41) is 4.17. The molecule has 0 spiro atoms. The van der Waals surface area contributed by atoms with Gasteiger partial charge in [-0.2, -0.15) is 5.10 Å². The molecule has 110 valence electrons. The van der Waals surface area contributed by atoms with Crippen LogP contribution in [-0.4, -0.2) is 41.4 Å². The van der Waals surface area contributed by atoms with Gasteiger partial charge in [0.05, 0.1) is 26.0 Å². The predicted molar refractivity (Wildman–Crippen MR) is 71.1 cm³/mol. The number of aromatic nitrogens is 2. The second-order valence-electron chi connectivity index (χ2n) is 4.91. The average Bonchev–Trinajstić information content (AvgIpc) is 2.89. The summed E-state index contributed by atoms with van der Waals surface area (Å²) in [5.41, 5.74) is -0.366. The summed E-state index contributed by atoms with van der Waals surface area (Å²) in [7, 11) is 0. The molecule has 1 atom stereocenters. The van der Waals surface area contributed by atoms with Gasteiger partial charge in [0.25, 0.3) is 0 Å². The molecule has 1 saturated heterocycles. The number of rotatable bonds is 5. The highest BCUT2D eigenvalue weighted by Crippen LogP contribution is 2.31. The summed E-state index contributed by atoms with van der Waals surface area (Å²) in [4.78, 5) is 24.6. The van der Waals surface area contributed by atoms with Gasteiger partial charge in [-0.15, -0.1) is 0 Å². The summed E-state index contributed by atoms with van der Waals surface area (Å²) in [6.45, 7) is 5.16. The van der Waals surface area contributed by atoms with Gasteiger partial charge in [0.15, 0.2) is 11.2 Å². The van der Waals surface area contributed by atoms with Crippen molar-refractivity contribution in [2.45, 2.75) is 33.2 Å². The molecular formula is C14H20N2O4. The third kappa shape index (κ3) is 2.75. The van der Waals surface area contributed by atoms with Gasteiger partial charge in [0.1, 0.15) is 0 Å². The van der Waals surface area contributed by atoms with E-state index in [1.54, 1.807) is 17.8 Å². The Bertz CT molecular complexity index is 497. The highest BCUT2D eigenvalue weighted by atomic mass is 16.5. The van der Waals surface area contributed by atoms with Crippen molar-refractivity contribution in [1.29, 1.82) is 0 Å². The fourth-order valence-corrected chi connectivity index (χ4v) is 2.41. The molecule has 2 heterocycles. The van der Waals surface area contributed by atoms with Crippen molar-refractivity contribution in [3.8, 4) is 0 Å². The molecule has 20 heavy (non-hydrogen) atoms. The Balaban J connectivity index is 2.26. The molecule has 1 aliphatic heterocycles. The third-order valence-electron chi connectivity index (χ3n) is 3.54. The molecule has 0 N–H and O–H groups in total. The average molecular weight is 280 g/mol. The molecule has 6 nitrogen and oxygen atoms in total. The normalized spacial score (nSPS) is 22.8. The maximum atomic E-state index is 12.3. The van der Waals surface area contributed by atoms with E-state index in [0.29, 0.717) is 6.61 Å². The van der Waals surface area contributed by atoms with Gasteiger partial charge in [-0.05, 0) is 19.4 Å². The maximum absolute atomic E-state index is 12.3. The lowest BCUT2D eigenvalue weighted by molar-refractivity contribution is -0.169. The van der Waals surface area contributed by atoms with E-state index in [2.05, 4.69) is 5.10 Å². The summed E-state index contributed by atoms with van der Waals surface area (Å²) in [5.74, 6) is -0.597. The number of carbonyl (C=O) groups excluding carboxylic acids is 2. The molecule has 2 rings (SSSR count). The van der Waals surface area contributed by atoms with Gasteiger partial charge < -0.3 is 9.47 Å². The van der Waals surface area contributed by atoms with Gasteiger partial charge in [-0.1, -0.05) is 0 Å². The Hall–Kier alpha value is -1.69. The highest BCUT2D eigenvalue weighted by molar-refractivity contribution is 6.04. The first-order chi connectivity index (χ1) is 9.62. The molecular weight excluding hydrogens is 260 g/mol. The zero-order valence-corrected chi connectivity index (χ0v) is 11.9. The molecule has 0 radical (unpaired) electrons. The molecule has 0 aliphatic carbocycles. The van der Waals surface area contributed by atoms with Crippen LogP contribution in [0.4, 0.5) is 0 Å². The minimum absolute atomic E-state index is 0.0853. The largest absolute Gasteiger partial charge is 0.465 e. The standard InChI is InChI=1S/C14H20N2O4/c1-3-16-9-11(8-15-16)7-14(13(18)20-4-2)10-19-6-5-12(14)17/h8-9H,3-7,10H2,1-2H3. The molecule has 1 unspecified atom stereocenters. The van der Waals surface area contributed by atoms with Gasteiger partial charge in [-0.25, -0.2) is 0 Å². The summed E-state index contributed by atoms with van der Waals surface area (Å²) < 4.78 is 12.2. The number of aryl methyl sites for hydroxylation is 1. The molecule has 0 amide bonds. The van der Waals surface area contributed by atoms with E-state index in [-0.39, 0.29) is 31.8 Å². The second-order valence-corrected chi connectivity index (χ2v) is 4.91. The van der Waals surface area contributed by atoms with E-state index >= 15 is 0 Å².